The Labute approximate surface area is 215 Å². The lowest BCUT2D eigenvalue weighted by molar-refractivity contribution is -0.141. The topological polar surface area (TPSA) is 86.8 Å². The highest BCUT2D eigenvalue weighted by Gasteiger charge is 2.32. The van der Waals surface area contributed by atoms with Gasteiger partial charge in [-0.15, -0.1) is 0 Å². The van der Waals surface area contributed by atoms with Gasteiger partial charge in [-0.1, -0.05) is 74.2 Å². The molecule has 196 valence electrons. The van der Waals surface area contributed by atoms with Crippen molar-refractivity contribution in [3.05, 3.63) is 65.7 Å². The highest BCUT2D eigenvalue weighted by Crippen LogP contribution is 2.19. The highest BCUT2D eigenvalue weighted by molar-refractivity contribution is 7.89. The molecule has 8 heteroatoms. The van der Waals surface area contributed by atoms with E-state index in [1.165, 1.54) is 13.5 Å². The summed E-state index contributed by atoms with van der Waals surface area (Å²) in [6, 6.07) is 15.8. The van der Waals surface area contributed by atoms with Gasteiger partial charge < -0.3 is 10.2 Å². The number of aryl methyl sites for hydroxylation is 1. The molecule has 0 heterocycles. The molecule has 2 amide bonds. The van der Waals surface area contributed by atoms with Crippen LogP contribution in [0.15, 0.2) is 59.5 Å². The maximum Gasteiger partial charge on any atom is 0.243 e. The summed E-state index contributed by atoms with van der Waals surface area (Å²) < 4.78 is 27.3. The summed E-state index contributed by atoms with van der Waals surface area (Å²) in [7, 11) is -2.43. The van der Waals surface area contributed by atoms with E-state index < -0.39 is 16.1 Å². The summed E-state index contributed by atoms with van der Waals surface area (Å²) >= 11 is 0. The van der Waals surface area contributed by atoms with Crippen molar-refractivity contribution in [1.82, 2.24) is 14.5 Å². The quantitative estimate of drug-likeness (QED) is 0.494. The van der Waals surface area contributed by atoms with Crippen molar-refractivity contribution in [2.24, 2.45) is 0 Å². The molecule has 7 nitrogen and oxygen atoms in total. The Bertz CT molecular complexity index is 1100. The van der Waals surface area contributed by atoms with Gasteiger partial charge in [0.25, 0.3) is 0 Å². The van der Waals surface area contributed by atoms with Gasteiger partial charge in [-0.2, -0.15) is 4.31 Å². The van der Waals surface area contributed by atoms with Gasteiger partial charge >= 0.3 is 0 Å². The van der Waals surface area contributed by atoms with Crippen molar-refractivity contribution in [2.45, 2.75) is 75.8 Å². The van der Waals surface area contributed by atoms with Crippen LogP contribution in [0.3, 0.4) is 0 Å². The zero-order valence-electron chi connectivity index (χ0n) is 21.7. The number of rotatable bonds is 11. The number of likely N-dealkylation sites (N-methyl/N-ethyl adjacent to an activating group) is 1. The first-order chi connectivity index (χ1) is 17.2. The molecule has 2 aromatic carbocycles. The third-order valence-corrected chi connectivity index (χ3v) is 8.73. The minimum atomic E-state index is -3.84. The Morgan fingerprint density at radius 1 is 1.00 bits per heavy atom. The summed E-state index contributed by atoms with van der Waals surface area (Å²) in [5.41, 5.74) is 2.01. The molecular formula is C28H39N3O4S. The molecule has 0 saturated heterocycles. The Hall–Kier alpha value is -2.71. The minimum absolute atomic E-state index is 0.135. The maximum atomic E-state index is 13.5. The smallest absolute Gasteiger partial charge is 0.243 e. The molecule has 0 bridgehead atoms. The molecule has 3 rings (SSSR count). The standard InChI is InChI=1S/C28H39N3O4S/c1-4-26(28(33)29-24-13-9-6-10-14-24)31(20-19-23-11-7-5-8-12-23)27(32)21-30(3)36(34,35)25-17-15-22(2)16-18-25/h5,7-8,11-12,15-18,24,26H,4,6,9-10,13-14,19-21H2,1-3H3,(H,29,33)/t26-/m0/s1. The summed E-state index contributed by atoms with van der Waals surface area (Å²) in [6.07, 6.45) is 6.32. The third-order valence-electron chi connectivity index (χ3n) is 6.91. The van der Waals surface area contributed by atoms with E-state index in [1.807, 2.05) is 44.2 Å². The molecule has 2 aromatic rings. The van der Waals surface area contributed by atoms with Gasteiger partial charge in [-0.3, -0.25) is 9.59 Å². The van der Waals surface area contributed by atoms with E-state index >= 15 is 0 Å². The zero-order valence-corrected chi connectivity index (χ0v) is 22.5. The molecule has 1 saturated carbocycles. The van der Waals surface area contributed by atoms with Gasteiger partial charge in [-0.25, -0.2) is 8.42 Å². The third kappa shape index (κ3) is 7.40. The van der Waals surface area contributed by atoms with Gasteiger partial charge in [0.15, 0.2) is 0 Å². The summed E-state index contributed by atoms with van der Waals surface area (Å²) in [5, 5.41) is 3.15. The van der Waals surface area contributed by atoms with Crippen LogP contribution in [0.1, 0.15) is 56.6 Å². The molecule has 1 aliphatic rings. The Balaban J connectivity index is 1.78. The van der Waals surface area contributed by atoms with Gasteiger partial charge in [0.2, 0.25) is 21.8 Å². The largest absolute Gasteiger partial charge is 0.352 e. The van der Waals surface area contributed by atoms with E-state index in [9.17, 15) is 18.0 Å². The van der Waals surface area contributed by atoms with E-state index in [-0.39, 0.29) is 29.3 Å². The van der Waals surface area contributed by atoms with Crippen LogP contribution in [0.4, 0.5) is 0 Å². The average Bonchev–Trinajstić information content (AvgIpc) is 2.87. The number of hydrogen-bond donors (Lipinski definition) is 1. The minimum Gasteiger partial charge on any atom is -0.352 e. The fraction of sp³-hybridized carbons (Fsp3) is 0.500. The second-order valence-electron chi connectivity index (χ2n) is 9.66. The second kappa shape index (κ2) is 13.0. The van der Waals surface area contributed by atoms with Crippen LogP contribution in [-0.2, 0) is 26.0 Å². The van der Waals surface area contributed by atoms with Gasteiger partial charge in [0.05, 0.1) is 11.4 Å². The first-order valence-corrected chi connectivity index (χ1v) is 14.3. The van der Waals surface area contributed by atoms with Crippen LogP contribution in [0.2, 0.25) is 0 Å². The number of hydrogen-bond acceptors (Lipinski definition) is 4. The van der Waals surface area contributed by atoms with Crippen LogP contribution in [-0.4, -0.2) is 61.7 Å². The number of carbonyl (C=O) groups excluding carboxylic acids is 2. The molecule has 0 aromatic heterocycles. The van der Waals surface area contributed by atoms with E-state index in [1.54, 1.807) is 29.2 Å². The fourth-order valence-corrected chi connectivity index (χ4v) is 5.82. The van der Waals surface area contributed by atoms with Crippen molar-refractivity contribution < 1.29 is 18.0 Å². The summed E-state index contributed by atoms with van der Waals surface area (Å²) in [5.74, 6) is -0.537. The number of benzene rings is 2. The zero-order chi connectivity index (χ0) is 26.1. The normalized spacial score (nSPS) is 15.4. The van der Waals surface area contributed by atoms with Crippen molar-refractivity contribution in [2.75, 3.05) is 20.1 Å². The van der Waals surface area contributed by atoms with Crippen LogP contribution in [0, 0.1) is 6.92 Å². The Morgan fingerprint density at radius 2 is 1.64 bits per heavy atom. The van der Waals surface area contributed by atoms with Crippen molar-refractivity contribution >= 4 is 21.8 Å². The first-order valence-electron chi connectivity index (χ1n) is 12.9. The molecule has 0 spiro atoms. The van der Waals surface area contributed by atoms with Crippen LogP contribution >= 0.6 is 0 Å². The highest BCUT2D eigenvalue weighted by atomic mass is 32.2. The molecule has 0 unspecified atom stereocenters. The number of amides is 2. The molecule has 1 N–H and O–H groups in total. The van der Waals surface area contributed by atoms with E-state index in [0.717, 1.165) is 41.1 Å². The number of nitrogens with zero attached hydrogens (tertiary/aromatic N) is 2. The Kier molecular flexibility index (Phi) is 10.1. The number of sulfonamides is 1. The van der Waals surface area contributed by atoms with Crippen molar-refractivity contribution in [3.8, 4) is 0 Å². The summed E-state index contributed by atoms with van der Waals surface area (Å²) in [4.78, 5) is 28.5. The molecule has 0 radical (unpaired) electrons. The van der Waals surface area contributed by atoms with Gasteiger partial charge in [-0.05, 0) is 50.3 Å². The average molecular weight is 514 g/mol. The number of nitrogens with one attached hydrogen (secondary N) is 1. The fourth-order valence-electron chi connectivity index (χ4n) is 4.70. The lowest BCUT2D eigenvalue weighted by Crippen LogP contribution is -2.54. The molecule has 1 aliphatic carbocycles. The van der Waals surface area contributed by atoms with Crippen LogP contribution in [0.25, 0.3) is 0 Å². The van der Waals surface area contributed by atoms with Crippen LogP contribution in [0.5, 0.6) is 0 Å². The number of carbonyl (C=O) groups is 2. The lowest BCUT2D eigenvalue weighted by atomic mass is 9.95. The second-order valence-corrected chi connectivity index (χ2v) is 11.7. The SMILES string of the molecule is CC[C@@H](C(=O)NC1CCCCC1)N(CCc1ccccc1)C(=O)CN(C)S(=O)(=O)c1ccc(C)cc1. The van der Waals surface area contributed by atoms with E-state index in [4.69, 9.17) is 0 Å². The van der Waals surface area contributed by atoms with E-state index in [0.29, 0.717) is 19.4 Å². The first kappa shape index (κ1) is 27.9. The van der Waals surface area contributed by atoms with Gasteiger partial charge in [0.1, 0.15) is 6.04 Å². The molecule has 36 heavy (non-hydrogen) atoms. The van der Waals surface area contributed by atoms with Crippen molar-refractivity contribution in [3.63, 3.8) is 0 Å². The van der Waals surface area contributed by atoms with Crippen LogP contribution < -0.4 is 5.32 Å². The monoisotopic (exact) mass is 513 g/mol. The Morgan fingerprint density at radius 3 is 2.25 bits per heavy atom. The predicted octanol–water partition coefficient (Wildman–Crippen LogP) is 3.91. The van der Waals surface area contributed by atoms with Gasteiger partial charge in [0, 0.05) is 19.6 Å². The molecule has 1 atom stereocenters. The molecule has 0 aliphatic heterocycles. The van der Waals surface area contributed by atoms with Crippen molar-refractivity contribution in [1.29, 1.82) is 0 Å². The molecule has 1 fully saturated rings. The maximum absolute atomic E-state index is 13.5. The molecular weight excluding hydrogens is 474 g/mol. The summed E-state index contributed by atoms with van der Waals surface area (Å²) in [6.45, 7) is 3.77. The lowest BCUT2D eigenvalue weighted by Gasteiger charge is -2.33. The van der Waals surface area contributed by atoms with E-state index in [2.05, 4.69) is 5.32 Å². The predicted molar refractivity (Wildman–Crippen MR) is 142 cm³/mol.